The summed E-state index contributed by atoms with van der Waals surface area (Å²) in [5, 5.41) is 2.94. The number of quaternary nitrogens is 1. The van der Waals surface area contributed by atoms with Gasteiger partial charge in [0, 0.05) is 37.4 Å². The number of piperidine rings is 1. The highest BCUT2D eigenvalue weighted by Crippen LogP contribution is 2.35. The quantitative estimate of drug-likeness (QED) is 0.546. The van der Waals surface area contributed by atoms with Crippen molar-refractivity contribution < 1.29 is 18.8 Å². The number of ether oxygens (including phenoxy) is 2. The van der Waals surface area contributed by atoms with Crippen LogP contribution in [0.1, 0.15) is 42.7 Å². The lowest BCUT2D eigenvalue weighted by Gasteiger charge is -2.41. The molecule has 0 spiro atoms. The third kappa shape index (κ3) is 4.78. The predicted molar refractivity (Wildman–Crippen MR) is 119 cm³/mol. The zero-order chi connectivity index (χ0) is 21.0. The summed E-state index contributed by atoms with van der Waals surface area (Å²) in [7, 11) is 4.13. The van der Waals surface area contributed by atoms with Crippen LogP contribution in [0, 0.1) is 0 Å². The summed E-state index contributed by atoms with van der Waals surface area (Å²) in [6.45, 7) is 4.21. The highest BCUT2D eigenvalue weighted by atomic mass is 16.5. The van der Waals surface area contributed by atoms with Crippen molar-refractivity contribution in [2.75, 3.05) is 45.7 Å². The molecule has 5 nitrogen and oxygen atoms in total. The lowest BCUT2D eigenvalue weighted by molar-refractivity contribution is -0.914. The van der Waals surface area contributed by atoms with Crippen molar-refractivity contribution in [1.82, 2.24) is 0 Å². The zero-order valence-corrected chi connectivity index (χ0v) is 18.2. The van der Waals surface area contributed by atoms with Crippen LogP contribution in [0.4, 0.5) is 5.69 Å². The molecule has 2 aliphatic heterocycles. The van der Waals surface area contributed by atoms with E-state index in [1.54, 1.807) is 7.11 Å². The van der Waals surface area contributed by atoms with Crippen LogP contribution in [0.25, 0.3) is 0 Å². The number of para-hydroxylation sites is 1. The normalized spacial score (nSPS) is 23.4. The number of rotatable bonds is 7. The van der Waals surface area contributed by atoms with Gasteiger partial charge in [0.2, 0.25) is 5.91 Å². The van der Waals surface area contributed by atoms with Crippen LogP contribution in [0.15, 0.2) is 42.5 Å². The Morgan fingerprint density at radius 2 is 1.90 bits per heavy atom. The summed E-state index contributed by atoms with van der Waals surface area (Å²) in [6.07, 6.45) is 4.80. The Kier molecular flexibility index (Phi) is 6.28. The standard InChI is InChI=1S/C25H32N2O3/c1-27(15-12-19(13-16-27)22-6-3-4-7-24(22)29-2)14-5-17-30-21-10-8-20-9-11-25(28)26-23(20)18-21/h3-4,6-8,10,18-19H,5,9,11-17H2,1-2H3/p+1. The van der Waals surface area contributed by atoms with E-state index in [-0.39, 0.29) is 5.91 Å². The lowest BCUT2D eigenvalue weighted by Crippen LogP contribution is -2.50. The first kappa shape index (κ1) is 20.7. The molecule has 0 saturated carbocycles. The average molecular weight is 410 g/mol. The maximum absolute atomic E-state index is 11.6. The summed E-state index contributed by atoms with van der Waals surface area (Å²) in [6, 6.07) is 14.5. The van der Waals surface area contributed by atoms with Gasteiger partial charge < -0.3 is 19.3 Å². The Bertz CT molecular complexity index is 888. The Morgan fingerprint density at radius 1 is 1.10 bits per heavy atom. The molecule has 0 atom stereocenters. The molecule has 1 amide bonds. The highest BCUT2D eigenvalue weighted by Gasteiger charge is 2.31. The van der Waals surface area contributed by atoms with Crippen molar-refractivity contribution in [3.63, 3.8) is 0 Å². The fraction of sp³-hybridized carbons (Fsp3) is 0.480. The number of hydrogen-bond acceptors (Lipinski definition) is 3. The van der Waals surface area contributed by atoms with Gasteiger partial charge in [-0.15, -0.1) is 0 Å². The number of carbonyl (C=O) groups excluding carboxylic acids is 1. The molecule has 2 aliphatic rings. The summed E-state index contributed by atoms with van der Waals surface area (Å²) in [5.74, 6) is 2.55. The monoisotopic (exact) mass is 409 g/mol. The van der Waals surface area contributed by atoms with Gasteiger partial charge in [0.15, 0.2) is 0 Å². The minimum Gasteiger partial charge on any atom is -0.496 e. The topological polar surface area (TPSA) is 47.6 Å². The summed E-state index contributed by atoms with van der Waals surface area (Å²) >= 11 is 0. The highest BCUT2D eigenvalue weighted by molar-refractivity contribution is 5.94. The molecule has 0 aliphatic carbocycles. The van der Waals surface area contributed by atoms with Crippen molar-refractivity contribution >= 4 is 11.6 Å². The number of benzene rings is 2. The number of methoxy groups -OCH3 is 1. The molecule has 5 heteroatoms. The van der Waals surface area contributed by atoms with Crippen LogP contribution in [-0.4, -0.2) is 50.8 Å². The van der Waals surface area contributed by atoms with Gasteiger partial charge >= 0.3 is 0 Å². The number of anilines is 1. The van der Waals surface area contributed by atoms with E-state index in [2.05, 4.69) is 36.6 Å². The van der Waals surface area contributed by atoms with E-state index >= 15 is 0 Å². The van der Waals surface area contributed by atoms with Crippen molar-refractivity contribution in [2.24, 2.45) is 0 Å². The van der Waals surface area contributed by atoms with Gasteiger partial charge in [0.25, 0.3) is 0 Å². The molecular weight excluding hydrogens is 376 g/mol. The minimum absolute atomic E-state index is 0.0913. The van der Waals surface area contributed by atoms with E-state index in [1.807, 2.05) is 18.2 Å². The fourth-order valence-electron chi connectivity index (χ4n) is 4.81. The van der Waals surface area contributed by atoms with E-state index in [0.29, 0.717) is 18.9 Å². The summed E-state index contributed by atoms with van der Waals surface area (Å²) < 4.78 is 12.7. The van der Waals surface area contributed by atoms with E-state index in [9.17, 15) is 4.79 Å². The molecule has 4 rings (SSSR count). The second kappa shape index (κ2) is 9.09. The van der Waals surface area contributed by atoms with Crippen molar-refractivity contribution in [3.05, 3.63) is 53.6 Å². The number of hydrogen-bond donors (Lipinski definition) is 1. The Balaban J connectivity index is 1.24. The van der Waals surface area contributed by atoms with Gasteiger partial charge in [-0.25, -0.2) is 0 Å². The minimum atomic E-state index is 0.0913. The first-order chi connectivity index (χ1) is 14.6. The molecule has 1 fully saturated rings. The molecule has 0 aromatic heterocycles. The van der Waals surface area contributed by atoms with E-state index in [1.165, 1.54) is 37.1 Å². The summed E-state index contributed by atoms with van der Waals surface area (Å²) in [5.41, 5.74) is 3.45. The lowest BCUT2D eigenvalue weighted by atomic mass is 9.88. The Labute approximate surface area is 179 Å². The molecule has 0 bridgehead atoms. The maximum atomic E-state index is 11.6. The first-order valence-corrected chi connectivity index (χ1v) is 11.1. The fourth-order valence-corrected chi connectivity index (χ4v) is 4.81. The van der Waals surface area contributed by atoms with Crippen LogP contribution < -0.4 is 14.8 Å². The van der Waals surface area contributed by atoms with Gasteiger partial charge in [0.1, 0.15) is 11.5 Å². The second-order valence-electron chi connectivity index (χ2n) is 8.88. The van der Waals surface area contributed by atoms with Crippen molar-refractivity contribution in [1.29, 1.82) is 0 Å². The number of amides is 1. The maximum Gasteiger partial charge on any atom is 0.224 e. The number of likely N-dealkylation sites (tertiary alicyclic amines) is 1. The number of aryl methyl sites for hydroxylation is 1. The molecule has 2 aromatic carbocycles. The van der Waals surface area contributed by atoms with Crippen molar-refractivity contribution in [3.8, 4) is 11.5 Å². The molecule has 160 valence electrons. The third-order valence-electron chi connectivity index (χ3n) is 6.70. The largest absolute Gasteiger partial charge is 0.496 e. The number of nitrogens with one attached hydrogen (secondary N) is 1. The van der Waals surface area contributed by atoms with Crippen LogP contribution >= 0.6 is 0 Å². The van der Waals surface area contributed by atoms with E-state index in [4.69, 9.17) is 9.47 Å². The van der Waals surface area contributed by atoms with E-state index in [0.717, 1.165) is 41.1 Å². The molecule has 1 saturated heterocycles. The zero-order valence-electron chi connectivity index (χ0n) is 18.2. The van der Waals surface area contributed by atoms with Gasteiger partial charge in [-0.3, -0.25) is 4.79 Å². The van der Waals surface area contributed by atoms with Gasteiger partial charge in [-0.1, -0.05) is 24.3 Å². The van der Waals surface area contributed by atoms with Crippen LogP contribution in [0.2, 0.25) is 0 Å². The Morgan fingerprint density at radius 3 is 2.70 bits per heavy atom. The molecule has 0 unspecified atom stereocenters. The molecule has 1 N–H and O–H groups in total. The number of fused-ring (bicyclic) bond motifs is 1. The smallest absolute Gasteiger partial charge is 0.224 e. The third-order valence-corrected chi connectivity index (χ3v) is 6.70. The molecule has 2 heterocycles. The predicted octanol–water partition coefficient (Wildman–Crippen LogP) is 4.37. The molecular formula is C25H33N2O3+. The number of nitrogens with zero attached hydrogens (tertiary/aromatic N) is 1. The van der Waals surface area contributed by atoms with Crippen LogP contribution in [0.5, 0.6) is 11.5 Å². The molecule has 2 aromatic rings. The van der Waals surface area contributed by atoms with Crippen LogP contribution in [0.3, 0.4) is 0 Å². The van der Waals surface area contributed by atoms with Crippen molar-refractivity contribution in [2.45, 2.75) is 38.0 Å². The second-order valence-corrected chi connectivity index (χ2v) is 8.88. The van der Waals surface area contributed by atoms with Gasteiger partial charge in [-0.2, -0.15) is 0 Å². The van der Waals surface area contributed by atoms with Gasteiger partial charge in [-0.05, 0) is 35.6 Å². The average Bonchev–Trinajstić information content (AvgIpc) is 2.77. The van der Waals surface area contributed by atoms with Crippen LogP contribution in [-0.2, 0) is 11.2 Å². The van der Waals surface area contributed by atoms with E-state index < -0.39 is 0 Å². The molecule has 30 heavy (non-hydrogen) atoms. The summed E-state index contributed by atoms with van der Waals surface area (Å²) in [4.78, 5) is 11.6. The Hall–Kier alpha value is -2.53. The number of carbonyl (C=O) groups is 1. The molecule has 0 radical (unpaired) electrons. The SMILES string of the molecule is COc1ccccc1C1CC[N+](C)(CCCOc2ccc3c(c2)NC(=O)CC3)CC1. The van der Waals surface area contributed by atoms with Gasteiger partial charge in [0.05, 0.1) is 40.4 Å². The first-order valence-electron chi connectivity index (χ1n) is 11.1.